The van der Waals surface area contributed by atoms with Gasteiger partial charge in [-0.25, -0.2) is 9.50 Å². The molecule has 0 saturated carbocycles. The molecule has 2 aromatic rings. The number of aromatic nitrogens is 3. The predicted molar refractivity (Wildman–Crippen MR) is 42.0 cm³/mol. The Morgan fingerprint density at radius 3 is 3.27 bits per heavy atom. The first-order valence-corrected chi connectivity index (χ1v) is 3.72. The first kappa shape index (κ1) is 6.43. The van der Waals surface area contributed by atoms with Crippen molar-refractivity contribution in [3.63, 3.8) is 0 Å². The molecule has 0 fully saturated rings. The summed E-state index contributed by atoms with van der Waals surface area (Å²) in [5.41, 5.74) is 1.20. The summed E-state index contributed by atoms with van der Waals surface area (Å²) in [4.78, 5) is 4.01. The van der Waals surface area contributed by atoms with Gasteiger partial charge >= 0.3 is 0 Å². The number of halogens is 1. The summed E-state index contributed by atoms with van der Waals surface area (Å²) in [6.07, 6.45) is 3.26. The number of fused-ring (bicyclic) bond motifs is 1. The van der Waals surface area contributed by atoms with E-state index in [0.29, 0.717) is 11.2 Å². The second kappa shape index (κ2) is 2.10. The molecule has 0 bridgehead atoms. The van der Waals surface area contributed by atoms with Crippen LogP contribution in [0.15, 0.2) is 17.0 Å². The minimum atomic E-state index is 0.552. The van der Waals surface area contributed by atoms with Crippen molar-refractivity contribution in [3.05, 3.63) is 22.6 Å². The van der Waals surface area contributed by atoms with Gasteiger partial charge in [-0.2, -0.15) is 5.26 Å². The van der Waals surface area contributed by atoms with Crippen LogP contribution in [0.5, 0.6) is 0 Å². The van der Waals surface area contributed by atoms with Crippen LogP contribution in [-0.4, -0.2) is 14.6 Å². The molecule has 11 heavy (non-hydrogen) atoms. The third-order valence-electron chi connectivity index (χ3n) is 1.42. The summed E-state index contributed by atoms with van der Waals surface area (Å²) in [7, 11) is 0. The molecule has 1 N–H and O–H groups in total. The smallest absolute Gasteiger partial charge is 0.172 e. The van der Waals surface area contributed by atoms with Gasteiger partial charge in [-0.05, 0) is 15.9 Å². The first-order valence-electron chi connectivity index (χ1n) is 2.93. The molecule has 0 aromatic carbocycles. The number of imidazole rings is 1. The molecule has 2 rings (SSSR count). The molecule has 0 atom stereocenters. The number of aromatic amines is 1. The summed E-state index contributed by atoms with van der Waals surface area (Å²) < 4.78 is 2.51. The number of nitriles is 1. The Balaban J connectivity index is 2.90. The van der Waals surface area contributed by atoms with E-state index in [1.54, 1.807) is 16.9 Å². The van der Waals surface area contributed by atoms with Crippen LogP contribution in [0.3, 0.4) is 0 Å². The minimum Gasteiger partial charge on any atom is -0.298 e. The van der Waals surface area contributed by atoms with Crippen LogP contribution < -0.4 is 0 Å². The van der Waals surface area contributed by atoms with E-state index in [2.05, 4.69) is 26.0 Å². The maximum atomic E-state index is 8.60. The summed E-state index contributed by atoms with van der Waals surface area (Å²) in [5, 5.41) is 11.5. The SMILES string of the molecule is N#Cc1c[nH]n2c(Br)cnc12. The van der Waals surface area contributed by atoms with Crippen LogP contribution in [0.4, 0.5) is 0 Å². The van der Waals surface area contributed by atoms with E-state index in [1.807, 2.05) is 6.07 Å². The number of hydrogen-bond acceptors (Lipinski definition) is 2. The minimum absolute atomic E-state index is 0.552. The molecule has 5 heteroatoms. The Morgan fingerprint density at radius 2 is 2.55 bits per heavy atom. The van der Waals surface area contributed by atoms with Crippen molar-refractivity contribution < 1.29 is 0 Å². The van der Waals surface area contributed by atoms with E-state index in [1.165, 1.54) is 0 Å². The molecule has 0 saturated heterocycles. The maximum Gasteiger partial charge on any atom is 0.172 e. The van der Waals surface area contributed by atoms with Crippen LogP contribution >= 0.6 is 15.9 Å². The zero-order valence-corrected chi connectivity index (χ0v) is 6.96. The Hall–Kier alpha value is -1.28. The summed E-state index contributed by atoms with van der Waals surface area (Å²) in [6, 6.07) is 2.03. The second-order valence-electron chi connectivity index (χ2n) is 2.04. The molecule has 0 aliphatic heterocycles. The fourth-order valence-electron chi connectivity index (χ4n) is 0.920. The van der Waals surface area contributed by atoms with Crippen LogP contribution in [-0.2, 0) is 0 Å². The van der Waals surface area contributed by atoms with E-state index < -0.39 is 0 Å². The molecule has 4 nitrogen and oxygen atoms in total. The zero-order chi connectivity index (χ0) is 7.84. The number of H-pyrrole nitrogens is 1. The van der Waals surface area contributed by atoms with Gasteiger partial charge in [0, 0.05) is 6.20 Å². The van der Waals surface area contributed by atoms with Gasteiger partial charge in [-0.1, -0.05) is 0 Å². The van der Waals surface area contributed by atoms with Gasteiger partial charge in [-0.3, -0.25) is 5.10 Å². The normalized spacial score (nSPS) is 10.2. The highest BCUT2D eigenvalue weighted by molar-refractivity contribution is 9.10. The Morgan fingerprint density at radius 1 is 1.73 bits per heavy atom. The van der Waals surface area contributed by atoms with Crippen molar-refractivity contribution in [2.45, 2.75) is 0 Å². The Labute approximate surface area is 70.6 Å². The molecule has 0 spiro atoms. The lowest BCUT2D eigenvalue weighted by Gasteiger charge is -1.82. The van der Waals surface area contributed by atoms with E-state index in [-0.39, 0.29) is 0 Å². The lowest BCUT2D eigenvalue weighted by molar-refractivity contribution is 0.950. The van der Waals surface area contributed by atoms with Crippen molar-refractivity contribution in [1.82, 2.24) is 14.6 Å². The Kier molecular flexibility index (Phi) is 1.23. The third kappa shape index (κ3) is 0.763. The highest BCUT2D eigenvalue weighted by atomic mass is 79.9. The standard InChI is InChI=1S/C6H3BrN4/c7-5-3-9-6-4(1-8)2-10-11(5)6/h2-3,10H. The number of rotatable bonds is 0. The molecule has 0 amide bonds. The van der Waals surface area contributed by atoms with Gasteiger partial charge < -0.3 is 0 Å². The van der Waals surface area contributed by atoms with Crippen LogP contribution in [0.1, 0.15) is 5.56 Å². The molecular weight excluding hydrogens is 208 g/mol. The van der Waals surface area contributed by atoms with Crippen LogP contribution in [0.25, 0.3) is 5.65 Å². The van der Waals surface area contributed by atoms with Gasteiger partial charge in [0.25, 0.3) is 0 Å². The lowest BCUT2D eigenvalue weighted by Crippen LogP contribution is -1.80. The molecule has 0 unspecified atom stereocenters. The summed E-state index contributed by atoms with van der Waals surface area (Å²) in [6.45, 7) is 0. The fourth-order valence-corrected chi connectivity index (χ4v) is 1.29. The molecule has 2 aromatic heterocycles. The summed E-state index contributed by atoms with van der Waals surface area (Å²) >= 11 is 3.27. The zero-order valence-electron chi connectivity index (χ0n) is 5.37. The topological polar surface area (TPSA) is 56.9 Å². The van der Waals surface area contributed by atoms with Gasteiger partial charge in [0.2, 0.25) is 0 Å². The Bertz CT molecular complexity index is 433. The van der Waals surface area contributed by atoms with Crippen molar-refractivity contribution in [2.75, 3.05) is 0 Å². The fraction of sp³-hybridized carbons (Fsp3) is 0. The average Bonchev–Trinajstić information content (AvgIpc) is 2.53. The van der Waals surface area contributed by atoms with Gasteiger partial charge in [-0.15, -0.1) is 0 Å². The first-order chi connectivity index (χ1) is 5.33. The third-order valence-corrected chi connectivity index (χ3v) is 1.98. The highest BCUT2D eigenvalue weighted by Gasteiger charge is 2.05. The van der Waals surface area contributed by atoms with E-state index in [4.69, 9.17) is 5.26 Å². The number of hydrogen-bond donors (Lipinski definition) is 1. The average molecular weight is 211 g/mol. The van der Waals surface area contributed by atoms with Gasteiger partial charge in [0.05, 0.1) is 6.20 Å². The largest absolute Gasteiger partial charge is 0.298 e. The summed E-state index contributed by atoms with van der Waals surface area (Å²) in [5.74, 6) is 0. The highest BCUT2D eigenvalue weighted by Crippen LogP contribution is 2.14. The van der Waals surface area contributed by atoms with E-state index >= 15 is 0 Å². The number of nitrogens with zero attached hydrogens (tertiary/aromatic N) is 3. The van der Waals surface area contributed by atoms with Crippen molar-refractivity contribution in [1.29, 1.82) is 5.26 Å². The molecule has 0 aliphatic rings. The molecular formula is C6H3BrN4. The van der Waals surface area contributed by atoms with Crippen molar-refractivity contribution in [2.24, 2.45) is 0 Å². The molecule has 54 valence electrons. The lowest BCUT2D eigenvalue weighted by atomic mass is 10.4. The van der Waals surface area contributed by atoms with E-state index in [0.717, 1.165) is 4.60 Å². The van der Waals surface area contributed by atoms with Crippen molar-refractivity contribution in [3.8, 4) is 6.07 Å². The van der Waals surface area contributed by atoms with E-state index in [9.17, 15) is 0 Å². The van der Waals surface area contributed by atoms with Crippen LogP contribution in [0, 0.1) is 11.3 Å². The number of nitrogens with one attached hydrogen (secondary N) is 1. The molecule has 2 heterocycles. The second-order valence-corrected chi connectivity index (χ2v) is 2.85. The van der Waals surface area contributed by atoms with Gasteiger partial charge in [0.1, 0.15) is 16.2 Å². The van der Waals surface area contributed by atoms with Gasteiger partial charge in [0.15, 0.2) is 5.65 Å². The van der Waals surface area contributed by atoms with Crippen molar-refractivity contribution >= 4 is 21.6 Å². The molecule has 0 aliphatic carbocycles. The predicted octanol–water partition coefficient (Wildman–Crippen LogP) is 1.30. The molecule has 0 radical (unpaired) electrons. The van der Waals surface area contributed by atoms with Crippen LogP contribution in [0.2, 0.25) is 0 Å². The quantitative estimate of drug-likeness (QED) is 0.713. The maximum absolute atomic E-state index is 8.60. The monoisotopic (exact) mass is 210 g/mol.